The van der Waals surface area contributed by atoms with Crippen LogP contribution < -0.4 is 0 Å². The molecule has 0 spiro atoms. The summed E-state index contributed by atoms with van der Waals surface area (Å²) < 4.78 is 0. The summed E-state index contributed by atoms with van der Waals surface area (Å²) in [5, 5.41) is 0. The van der Waals surface area contributed by atoms with Crippen LogP contribution >= 0.6 is 0 Å². The second-order valence-corrected chi connectivity index (χ2v) is 3.74. The Kier molecular flexibility index (Phi) is 7.76. The molecular formula is C11H24N2. The quantitative estimate of drug-likeness (QED) is 0.352. The van der Waals surface area contributed by atoms with Gasteiger partial charge in [-0.3, -0.25) is 4.99 Å². The van der Waals surface area contributed by atoms with Crippen LogP contribution in [0.4, 0.5) is 0 Å². The minimum Gasteiger partial charge on any atom is -0.367 e. The normalized spacial score (nSPS) is 11.8. The van der Waals surface area contributed by atoms with Crippen molar-refractivity contribution in [3.8, 4) is 0 Å². The molecule has 0 saturated carbocycles. The summed E-state index contributed by atoms with van der Waals surface area (Å²) in [6.07, 6.45) is 6.63. The minimum absolute atomic E-state index is 0.994. The van der Waals surface area contributed by atoms with E-state index in [1.807, 2.05) is 14.1 Å². The van der Waals surface area contributed by atoms with E-state index in [0.29, 0.717) is 0 Å². The Hall–Kier alpha value is -0.530. The zero-order chi connectivity index (χ0) is 10.1. The van der Waals surface area contributed by atoms with Gasteiger partial charge in [-0.2, -0.15) is 0 Å². The van der Waals surface area contributed by atoms with Crippen LogP contribution in [0.1, 0.15) is 46.0 Å². The first-order chi connectivity index (χ1) is 6.18. The summed E-state index contributed by atoms with van der Waals surface area (Å²) >= 11 is 0. The molecule has 0 aromatic rings. The van der Waals surface area contributed by atoms with Gasteiger partial charge in [-0.05, 0) is 13.3 Å². The monoisotopic (exact) mass is 184 g/mol. The fourth-order valence-corrected chi connectivity index (χ4v) is 1.10. The van der Waals surface area contributed by atoms with Crippen LogP contribution in [0.25, 0.3) is 0 Å². The van der Waals surface area contributed by atoms with E-state index in [9.17, 15) is 0 Å². The number of unbranched alkanes of at least 4 members (excludes halogenated alkanes) is 4. The zero-order valence-electron chi connectivity index (χ0n) is 9.64. The van der Waals surface area contributed by atoms with Crippen LogP contribution in [-0.2, 0) is 0 Å². The van der Waals surface area contributed by atoms with Gasteiger partial charge < -0.3 is 4.90 Å². The number of rotatable bonds is 6. The molecule has 0 amide bonds. The van der Waals surface area contributed by atoms with Crippen molar-refractivity contribution < 1.29 is 0 Å². The lowest BCUT2D eigenvalue weighted by Gasteiger charge is -2.10. The van der Waals surface area contributed by atoms with Gasteiger partial charge >= 0.3 is 0 Å². The molecule has 0 aliphatic rings. The Balaban J connectivity index is 3.29. The average molecular weight is 184 g/mol. The van der Waals surface area contributed by atoms with Crippen molar-refractivity contribution in [1.82, 2.24) is 4.90 Å². The highest BCUT2D eigenvalue weighted by molar-refractivity contribution is 5.79. The predicted molar refractivity (Wildman–Crippen MR) is 60.4 cm³/mol. The number of nitrogens with zero attached hydrogens (tertiary/aromatic N) is 2. The first-order valence-electron chi connectivity index (χ1n) is 5.36. The van der Waals surface area contributed by atoms with E-state index in [2.05, 4.69) is 23.7 Å². The minimum atomic E-state index is 0.994. The smallest absolute Gasteiger partial charge is 0.0952 e. The van der Waals surface area contributed by atoms with Crippen LogP contribution in [0.3, 0.4) is 0 Å². The molecule has 13 heavy (non-hydrogen) atoms. The fourth-order valence-electron chi connectivity index (χ4n) is 1.10. The molecule has 0 fully saturated rings. The van der Waals surface area contributed by atoms with E-state index in [0.717, 1.165) is 12.4 Å². The molecule has 0 atom stereocenters. The number of hydrogen-bond acceptors (Lipinski definition) is 1. The Bertz CT molecular complexity index is 139. The second-order valence-electron chi connectivity index (χ2n) is 3.74. The fraction of sp³-hybridized carbons (Fsp3) is 0.909. The third-order valence-electron chi connectivity index (χ3n) is 2.25. The zero-order valence-corrected chi connectivity index (χ0v) is 9.64. The van der Waals surface area contributed by atoms with Gasteiger partial charge in [0.05, 0.1) is 5.84 Å². The molecule has 2 nitrogen and oxygen atoms in total. The lowest BCUT2D eigenvalue weighted by molar-refractivity contribution is 0.603. The van der Waals surface area contributed by atoms with Crippen LogP contribution in [-0.4, -0.2) is 31.4 Å². The van der Waals surface area contributed by atoms with Gasteiger partial charge in [0.1, 0.15) is 0 Å². The van der Waals surface area contributed by atoms with Crippen molar-refractivity contribution in [2.24, 2.45) is 4.99 Å². The van der Waals surface area contributed by atoms with Gasteiger partial charge in [-0.1, -0.05) is 32.6 Å². The first-order valence-corrected chi connectivity index (χ1v) is 5.36. The Morgan fingerprint density at radius 2 is 1.69 bits per heavy atom. The Labute approximate surface area is 83.0 Å². The summed E-state index contributed by atoms with van der Waals surface area (Å²) in [4.78, 5) is 6.53. The van der Waals surface area contributed by atoms with Crippen LogP contribution in [0.2, 0.25) is 0 Å². The summed E-state index contributed by atoms with van der Waals surface area (Å²) in [7, 11) is 4.08. The molecule has 0 rings (SSSR count). The predicted octanol–water partition coefficient (Wildman–Crippen LogP) is 2.94. The van der Waals surface area contributed by atoms with Gasteiger partial charge in [0, 0.05) is 20.6 Å². The lowest BCUT2D eigenvalue weighted by atomic mass is 10.2. The van der Waals surface area contributed by atoms with Crippen molar-refractivity contribution in [2.75, 3.05) is 20.6 Å². The average Bonchev–Trinajstić information content (AvgIpc) is 2.10. The highest BCUT2D eigenvalue weighted by Crippen LogP contribution is 2.02. The van der Waals surface area contributed by atoms with E-state index in [1.54, 1.807) is 0 Å². The molecule has 0 aromatic carbocycles. The molecule has 0 radical (unpaired) electrons. The molecule has 0 aliphatic heterocycles. The Morgan fingerprint density at radius 1 is 1.08 bits per heavy atom. The number of aliphatic imine (C=N–C) groups is 1. The van der Waals surface area contributed by atoms with Crippen molar-refractivity contribution in [3.63, 3.8) is 0 Å². The van der Waals surface area contributed by atoms with Gasteiger partial charge in [0.25, 0.3) is 0 Å². The maximum Gasteiger partial charge on any atom is 0.0952 e. The third-order valence-corrected chi connectivity index (χ3v) is 2.25. The lowest BCUT2D eigenvalue weighted by Crippen LogP contribution is -2.18. The van der Waals surface area contributed by atoms with Gasteiger partial charge in [0.15, 0.2) is 0 Å². The molecule has 2 heteroatoms. The van der Waals surface area contributed by atoms with E-state index in [1.165, 1.54) is 32.1 Å². The topological polar surface area (TPSA) is 15.6 Å². The van der Waals surface area contributed by atoms with Gasteiger partial charge in [0.2, 0.25) is 0 Å². The summed E-state index contributed by atoms with van der Waals surface area (Å²) in [5.74, 6) is 1.13. The summed E-state index contributed by atoms with van der Waals surface area (Å²) in [6, 6.07) is 0. The SMILES string of the molecule is CCCCCCCN=C(C)N(C)C. The van der Waals surface area contributed by atoms with Gasteiger partial charge in [-0.25, -0.2) is 0 Å². The summed E-state index contributed by atoms with van der Waals surface area (Å²) in [6.45, 7) is 5.30. The molecule has 0 N–H and O–H groups in total. The van der Waals surface area contributed by atoms with Crippen molar-refractivity contribution in [2.45, 2.75) is 46.0 Å². The molecule has 0 saturated heterocycles. The third kappa shape index (κ3) is 7.82. The van der Waals surface area contributed by atoms with Crippen molar-refractivity contribution in [3.05, 3.63) is 0 Å². The summed E-state index contributed by atoms with van der Waals surface area (Å²) in [5.41, 5.74) is 0. The molecular weight excluding hydrogens is 160 g/mol. The maximum absolute atomic E-state index is 4.46. The van der Waals surface area contributed by atoms with E-state index in [-0.39, 0.29) is 0 Å². The van der Waals surface area contributed by atoms with Gasteiger partial charge in [-0.15, -0.1) is 0 Å². The molecule has 0 aromatic heterocycles. The highest BCUT2D eigenvalue weighted by Gasteiger charge is 1.91. The van der Waals surface area contributed by atoms with Crippen LogP contribution in [0.5, 0.6) is 0 Å². The second kappa shape index (κ2) is 8.09. The van der Waals surface area contributed by atoms with Crippen molar-refractivity contribution in [1.29, 1.82) is 0 Å². The standard InChI is InChI=1S/C11H24N2/c1-5-6-7-8-9-10-12-11(2)13(3)4/h5-10H2,1-4H3. The molecule has 0 aliphatic carbocycles. The molecule has 0 unspecified atom stereocenters. The van der Waals surface area contributed by atoms with Crippen molar-refractivity contribution >= 4 is 5.84 Å². The van der Waals surface area contributed by atoms with Crippen LogP contribution in [0, 0.1) is 0 Å². The van der Waals surface area contributed by atoms with E-state index < -0.39 is 0 Å². The van der Waals surface area contributed by atoms with E-state index in [4.69, 9.17) is 0 Å². The first kappa shape index (κ1) is 12.5. The Morgan fingerprint density at radius 3 is 2.23 bits per heavy atom. The molecule has 0 heterocycles. The largest absolute Gasteiger partial charge is 0.367 e. The molecule has 0 bridgehead atoms. The maximum atomic E-state index is 4.46. The van der Waals surface area contributed by atoms with Crippen LogP contribution in [0.15, 0.2) is 4.99 Å². The van der Waals surface area contributed by atoms with E-state index >= 15 is 0 Å². The number of hydrogen-bond donors (Lipinski definition) is 0. The highest BCUT2D eigenvalue weighted by atomic mass is 15.1. The molecule has 78 valence electrons. The number of amidine groups is 1.